The van der Waals surface area contributed by atoms with Crippen LogP contribution in [0, 0.1) is 0 Å². The first-order valence-corrected chi connectivity index (χ1v) is 10.5. The van der Waals surface area contributed by atoms with E-state index in [1.165, 1.54) is 37.6 Å². The van der Waals surface area contributed by atoms with Gasteiger partial charge in [-0.25, -0.2) is 10.2 Å². The number of nitrogens with one attached hydrogen (secondary N) is 1. The number of hydrogen-bond donors (Lipinski definition) is 1. The van der Waals surface area contributed by atoms with Crippen molar-refractivity contribution in [3.63, 3.8) is 0 Å². The number of carbonyl (C=O) groups is 2. The fourth-order valence-electron chi connectivity index (χ4n) is 2.58. The number of carbonyl (C=O) groups excluding carboxylic acids is 2. The van der Waals surface area contributed by atoms with Crippen molar-refractivity contribution in [2.75, 3.05) is 13.7 Å². The maximum Gasteiger partial charge on any atom is 0.345 e. The Morgan fingerprint density at radius 2 is 1.76 bits per heavy atom. The van der Waals surface area contributed by atoms with Gasteiger partial charge >= 0.3 is 5.97 Å². The third-order valence-electron chi connectivity index (χ3n) is 4.11. The normalized spacial score (nSPS) is 10.7. The molecular formula is C23H17Cl3N2O5. The van der Waals surface area contributed by atoms with Crippen molar-refractivity contribution in [3.05, 3.63) is 86.9 Å². The summed E-state index contributed by atoms with van der Waals surface area (Å²) in [7, 11) is 1.43. The summed E-state index contributed by atoms with van der Waals surface area (Å²) in [6, 6.07) is 15.9. The molecule has 0 aliphatic carbocycles. The number of rotatable bonds is 8. The highest BCUT2D eigenvalue weighted by Crippen LogP contribution is 2.30. The van der Waals surface area contributed by atoms with Crippen molar-refractivity contribution in [2.45, 2.75) is 0 Å². The third-order valence-corrected chi connectivity index (χ3v) is 4.89. The molecule has 7 nitrogen and oxygen atoms in total. The molecule has 0 heterocycles. The van der Waals surface area contributed by atoms with Gasteiger partial charge < -0.3 is 14.2 Å². The van der Waals surface area contributed by atoms with E-state index in [4.69, 9.17) is 49.0 Å². The van der Waals surface area contributed by atoms with Crippen molar-refractivity contribution in [1.29, 1.82) is 0 Å². The van der Waals surface area contributed by atoms with E-state index in [-0.39, 0.29) is 28.7 Å². The molecule has 3 rings (SSSR count). The van der Waals surface area contributed by atoms with Crippen LogP contribution in [-0.2, 0) is 4.79 Å². The van der Waals surface area contributed by atoms with E-state index in [1.54, 1.807) is 36.4 Å². The number of benzene rings is 3. The number of methoxy groups -OCH3 is 1. The van der Waals surface area contributed by atoms with Crippen molar-refractivity contribution in [1.82, 2.24) is 5.43 Å². The van der Waals surface area contributed by atoms with Gasteiger partial charge in [0.1, 0.15) is 5.75 Å². The summed E-state index contributed by atoms with van der Waals surface area (Å²) < 4.78 is 16.0. The van der Waals surface area contributed by atoms with E-state index < -0.39 is 11.9 Å². The highest BCUT2D eigenvalue weighted by molar-refractivity contribution is 6.36. The standard InChI is InChI=1S/C23H17Cl3N2O5/c1-31-21-9-14(12-27-28-22(29)13-32-17-4-2-3-15(24)10-17)5-8-20(21)33-23(30)18-7-6-16(25)11-19(18)26/h2-12H,13H2,1H3,(H,28,29)/b27-12-. The highest BCUT2D eigenvalue weighted by Gasteiger charge is 2.16. The maximum absolute atomic E-state index is 12.4. The average molecular weight is 508 g/mol. The molecule has 0 spiro atoms. The molecule has 0 radical (unpaired) electrons. The summed E-state index contributed by atoms with van der Waals surface area (Å²) in [5, 5.41) is 4.96. The lowest BCUT2D eigenvalue weighted by Gasteiger charge is -2.10. The molecule has 0 aliphatic rings. The second-order valence-corrected chi connectivity index (χ2v) is 7.74. The first-order valence-electron chi connectivity index (χ1n) is 9.41. The lowest BCUT2D eigenvalue weighted by molar-refractivity contribution is -0.123. The second-order valence-electron chi connectivity index (χ2n) is 6.46. The van der Waals surface area contributed by atoms with Crippen LogP contribution in [0.4, 0.5) is 0 Å². The zero-order valence-corrected chi connectivity index (χ0v) is 19.4. The van der Waals surface area contributed by atoms with Crippen LogP contribution in [0.3, 0.4) is 0 Å². The van der Waals surface area contributed by atoms with Gasteiger partial charge in [0, 0.05) is 10.0 Å². The quantitative estimate of drug-likeness (QED) is 0.191. The molecule has 3 aromatic carbocycles. The number of hydrogen-bond acceptors (Lipinski definition) is 6. The lowest BCUT2D eigenvalue weighted by Crippen LogP contribution is -2.24. The van der Waals surface area contributed by atoms with Gasteiger partial charge in [-0.1, -0.05) is 40.9 Å². The molecule has 0 aromatic heterocycles. The summed E-state index contributed by atoms with van der Waals surface area (Å²) in [6.07, 6.45) is 1.40. The molecule has 170 valence electrons. The second kappa shape index (κ2) is 11.6. The minimum atomic E-state index is -0.664. The van der Waals surface area contributed by atoms with E-state index in [0.717, 1.165) is 0 Å². The largest absolute Gasteiger partial charge is 0.493 e. The van der Waals surface area contributed by atoms with Crippen molar-refractivity contribution in [2.24, 2.45) is 5.10 Å². The third kappa shape index (κ3) is 7.12. The molecule has 0 aliphatic heterocycles. The molecule has 1 N–H and O–H groups in total. The summed E-state index contributed by atoms with van der Waals surface area (Å²) in [5.74, 6) is -0.180. The average Bonchev–Trinajstić information content (AvgIpc) is 2.78. The van der Waals surface area contributed by atoms with Crippen LogP contribution in [0.25, 0.3) is 0 Å². The Morgan fingerprint density at radius 1 is 0.970 bits per heavy atom. The lowest BCUT2D eigenvalue weighted by atomic mass is 10.2. The first-order chi connectivity index (χ1) is 15.9. The van der Waals surface area contributed by atoms with Crippen LogP contribution in [0.15, 0.2) is 65.8 Å². The molecule has 0 saturated carbocycles. The van der Waals surface area contributed by atoms with Crippen molar-refractivity contribution in [3.8, 4) is 17.2 Å². The monoisotopic (exact) mass is 506 g/mol. The Labute approximate surface area is 204 Å². The summed E-state index contributed by atoms with van der Waals surface area (Å²) in [4.78, 5) is 24.3. The van der Waals surface area contributed by atoms with Crippen LogP contribution in [0.2, 0.25) is 15.1 Å². The van der Waals surface area contributed by atoms with Gasteiger partial charge in [-0.3, -0.25) is 4.79 Å². The van der Waals surface area contributed by atoms with Gasteiger partial charge in [-0.15, -0.1) is 0 Å². The molecule has 0 bridgehead atoms. The van der Waals surface area contributed by atoms with Gasteiger partial charge in [0.2, 0.25) is 0 Å². The van der Waals surface area contributed by atoms with Crippen LogP contribution in [-0.4, -0.2) is 31.8 Å². The van der Waals surface area contributed by atoms with E-state index in [2.05, 4.69) is 10.5 Å². The van der Waals surface area contributed by atoms with Gasteiger partial charge in [0.25, 0.3) is 5.91 Å². The highest BCUT2D eigenvalue weighted by atomic mass is 35.5. The fraction of sp³-hybridized carbons (Fsp3) is 0.0870. The number of nitrogens with zero attached hydrogens (tertiary/aromatic N) is 1. The molecule has 3 aromatic rings. The Morgan fingerprint density at radius 3 is 2.48 bits per heavy atom. The molecule has 0 atom stereocenters. The van der Waals surface area contributed by atoms with Gasteiger partial charge in [-0.05, 0) is 60.2 Å². The SMILES string of the molecule is COc1cc(/C=N\NC(=O)COc2cccc(Cl)c2)ccc1OC(=O)c1ccc(Cl)cc1Cl. The number of ether oxygens (including phenoxy) is 3. The van der Waals surface area contributed by atoms with Gasteiger partial charge in [0.05, 0.1) is 23.9 Å². The Kier molecular flexibility index (Phi) is 8.54. The van der Waals surface area contributed by atoms with Gasteiger partial charge in [0.15, 0.2) is 18.1 Å². The van der Waals surface area contributed by atoms with Crippen LogP contribution in [0.1, 0.15) is 15.9 Å². The zero-order chi connectivity index (χ0) is 23.8. The minimum absolute atomic E-state index is 0.163. The molecule has 0 saturated heterocycles. The Balaban J connectivity index is 1.59. The molecule has 10 heteroatoms. The smallest absolute Gasteiger partial charge is 0.345 e. The number of amides is 1. The fourth-order valence-corrected chi connectivity index (χ4v) is 3.24. The maximum atomic E-state index is 12.4. The van der Waals surface area contributed by atoms with Crippen LogP contribution >= 0.6 is 34.8 Å². The predicted molar refractivity (Wildman–Crippen MR) is 127 cm³/mol. The molecule has 0 fully saturated rings. The van der Waals surface area contributed by atoms with E-state index in [0.29, 0.717) is 21.4 Å². The Bertz CT molecular complexity index is 1200. The van der Waals surface area contributed by atoms with Crippen LogP contribution < -0.4 is 19.6 Å². The number of hydrazone groups is 1. The Hall–Kier alpha value is -3.26. The molecule has 0 unspecified atom stereocenters. The summed E-state index contributed by atoms with van der Waals surface area (Å²) in [6.45, 7) is -0.233. The van der Waals surface area contributed by atoms with Crippen LogP contribution in [0.5, 0.6) is 17.2 Å². The van der Waals surface area contributed by atoms with Crippen molar-refractivity contribution >= 4 is 52.9 Å². The molecular weight excluding hydrogens is 491 g/mol. The molecule has 33 heavy (non-hydrogen) atoms. The van der Waals surface area contributed by atoms with Gasteiger partial charge in [-0.2, -0.15) is 5.10 Å². The topological polar surface area (TPSA) is 86.2 Å². The van der Waals surface area contributed by atoms with E-state index in [1.807, 2.05) is 0 Å². The van der Waals surface area contributed by atoms with Crippen molar-refractivity contribution < 1.29 is 23.8 Å². The number of esters is 1. The zero-order valence-electron chi connectivity index (χ0n) is 17.2. The number of halogens is 3. The predicted octanol–water partition coefficient (Wildman–Crippen LogP) is 5.40. The summed E-state index contributed by atoms with van der Waals surface area (Å²) in [5.41, 5.74) is 3.11. The first kappa shape index (κ1) is 24.4. The summed E-state index contributed by atoms with van der Waals surface area (Å²) >= 11 is 17.8. The minimum Gasteiger partial charge on any atom is -0.493 e. The van der Waals surface area contributed by atoms with E-state index in [9.17, 15) is 9.59 Å². The molecule has 1 amide bonds. The van der Waals surface area contributed by atoms with E-state index >= 15 is 0 Å².